The second-order valence-electron chi connectivity index (χ2n) is 12.7. The minimum Gasteiger partial charge on any atom is -0.0811 e. The van der Waals surface area contributed by atoms with Crippen molar-refractivity contribution in [2.45, 2.75) is 86.0 Å². The van der Waals surface area contributed by atoms with Gasteiger partial charge in [0.15, 0.2) is 0 Å². The molecular weight excluding hydrogens is 324 g/mol. The molecule has 27 heavy (non-hydrogen) atoms. The van der Waals surface area contributed by atoms with Gasteiger partial charge in [-0.1, -0.05) is 59.1 Å². The predicted octanol–water partition coefficient (Wildman–Crippen LogP) is 7.35. The van der Waals surface area contributed by atoms with Crippen molar-refractivity contribution in [2.24, 2.45) is 70.0 Å². The molecule has 0 aliphatic heterocycles. The van der Waals surface area contributed by atoms with Crippen LogP contribution in [0.2, 0.25) is 0 Å². The zero-order chi connectivity index (χ0) is 18.7. The molecule has 0 heteroatoms. The normalized spacial score (nSPS) is 60.4. The molecule has 150 valence electrons. The summed E-state index contributed by atoms with van der Waals surface area (Å²) in [5.74, 6) is 10.3. The first-order chi connectivity index (χ1) is 12.9. The van der Waals surface area contributed by atoms with Crippen molar-refractivity contribution < 1.29 is 0 Å². The minimum absolute atomic E-state index is 0.633. The van der Waals surface area contributed by atoms with Crippen molar-refractivity contribution >= 4 is 0 Å². The monoisotopic (exact) mass is 366 g/mol. The summed E-state index contributed by atoms with van der Waals surface area (Å²) in [5, 5.41) is 0. The molecular formula is C27H42. The Hall–Kier alpha value is -0.260. The highest BCUT2D eigenvalue weighted by Gasteiger charge is 2.71. The van der Waals surface area contributed by atoms with Crippen LogP contribution >= 0.6 is 0 Å². The summed E-state index contributed by atoms with van der Waals surface area (Å²) < 4.78 is 0. The van der Waals surface area contributed by atoms with E-state index in [0.717, 1.165) is 59.2 Å². The van der Waals surface area contributed by atoms with Crippen LogP contribution in [0.3, 0.4) is 0 Å². The third-order valence-electron chi connectivity index (χ3n) is 11.9. The fourth-order valence-electron chi connectivity index (χ4n) is 10.6. The molecule has 0 saturated heterocycles. The van der Waals surface area contributed by atoms with Crippen LogP contribution in [0.1, 0.15) is 86.0 Å². The van der Waals surface area contributed by atoms with E-state index in [9.17, 15) is 0 Å². The van der Waals surface area contributed by atoms with Crippen LogP contribution in [0.5, 0.6) is 0 Å². The molecule has 6 aliphatic carbocycles. The van der Waals surface area contributed by atoms with Gasteiger partial charge in [-0.2, -0.15) is 0 Å². The van der Waals surface area contributed by atoms with Crippen LogP contribution in [0, 0.1) is 70.0 Å². The lowest BCUT2D eigenvalue weighted by Crippen LogP contribution is -2.59. The van der Waals surface area contributed by atoms with E-state index in [1.165, 1.54) is 25.7 Å². The topological polar surface area (TPSA) is 0 Å². The van der Waals surface area contributed by atoms with E-state index >= 15 is 0 Å². The Morgan fingerprint density at radius 1 is 1.04 bits per heavy atom. The Kier molecular flexibility index (Phi) is 3.55. The molecule has 5 fully saturated rings. The molecule has 0 N–H and O–H groups in total. The summed E-state index contributed by atoms with van der Waals surface area (Å²) in [5.41, 5.74) is 3.18. The van der Waals surface area contributed by atoms with Crippen LogP contribution in [0.4, 0.5) is 0 Å². The fraction of sp³-hybridized carbons (Fsp3) is 0.926. The second-order valence-corrected chi connectivity index (χ2v) is 12.7. The Balaban J connectivity index is 1.44. The summed E-state index contributed by atoms with van der Waals surface area (Å²) in [7, 11) is 0. The molecule has 0 nitrogen and oxygen atoms in total. The maximum absolute atomic E-state index is 2.90. The van der Waals surface area contributed by atoms with E-state index in [-0.39, 0.29) is 0 Å². The molecule has 11 unspecified atom stereocenters. The molecule has 0 spiro atoms. The molecule has 0 bridgehead atoms. The molecule has 0 aromatic rings. The van der Waals surface area contributed by atoms with Crippen LogP contribution in [-0.4, -0.2) is 0 Å². The third kappa shape index (κ3) is 1.97. The van der Waals surface area contributed by atoms with Gasteiger partial charge in [0, 0.05) is 0 Å². The van der Waals surface area contributed by atoms with Gasteiger partial charge in [-0.15, -0.1) is 0 Å². The fourth-order valence-corrected chi connectivity index (χ4v) is 10.6. The van der Waals surface area contributed by atoms with Gasteiger partial charge in [0.1, 0.15) is 0 Å². The van der Waals surface area contributed by atoms with Crippen LogP contribution in [0.15, 0.2) is 11.6 Å². The molecule has 0 amide bonds. The smallest absolute Gasteiger partial charge is 0.0165 e. The maximum atomic E-state index is 2.90. The van der Waals surface area contributed by atoms with E-state index < -0.39 is 0 Å². The second kappa shape index (κ2) is 5.46. The average molecular weight is 367 g/mol. The minimum atomic E-state index is 0.633. The lowest BCUT2D eigenvalue weighted by Gasteiger charge is -2.65. The van der Waals surface area contributed by atoms with Crippen molar-refractivity contribution in [3.05, 3.63) is 11.6 Å². The van der Waals surface area contributed by atoms with Crippen LogP contribution in [-0.2, 0) is 0 Å². The SMILES string of the molecule is CCC1(C)CCCC2(C)C3C4C(CC4C4C=C(C(C)C)C5CCC5C43)CC12. The average Bonchev–Trinajstić information content (AvgIpc) is 2.84. The molecule has 6 rings (SSSR count). The molecule has 0 aromatic carbocycles. The number of allylic oxidation sites excluding steroid dienone is 2. The maximum Gasteiger partial charge on any atom is -0.0165 e. The summed E-state index contributed by atoms with van der Waals surface area (Å²) in [6.07, 6.45) is 15.1. The van der Waals surface area contributed by atoms with Crippen LogP contribution in [0.25, 0.3) is 0 Å². The van der Waals surface area contributed by atoms with Gasteiger partial charge in [0.25, 0.3) is 0 Å². The van der Waals surface area contributed by atoms with Gasteiger partial charge in [-0.25, -0.2) is 0 Å². The Labute approximate surface area is 168 Å². The van der Waals surface area contributed by atoms with Crippen molar-refractivity contribution in [3.8, 4) is 0 Å². The summed E-state index contributed by atoms with van der Waals surface area (Å²) >= 11 is 0. The highest BCUT2D eigenvalue weighted by molar-refractivity contribution is 5.29. The predicted molar refractivity (Wildman–Crippen MR) is 113 cm³/mol. The van der Waals surface area contributed by atoms with Crippen molar-refractivity contribution in [2.75, 3.05) is 0 Å². The number of hydrogen-bond acceptors (Lipinski definition) is 0. The first-order valence-corrected chi connectivity index (χ1v) is 12.6. The zero-order valence-corrected chi connectivity index (χ0v) is 18.5. The van der Waals surface area contributed by atoms with Gasteiger partial charge in [0.05, 0.1) is 0 Å². The Bertz CT molecular complexity index is 672. The van der Waals surface area contributed by atoms with E-state index in [1.54, 1.807) is 25.7 Å². The molecule has 11 atom stereocenters. The number of rotatable bonds is 2. The lowest BCUT2D eigenvalue weighted by molar-refractivity contribution is -0.168. The number of fused-ring (bicyclic) bond motifs is 7. The zero-order valence-electron chi connectivity index (χ0n) is 18.5. The van der Waals surface area contributed by atoms with Gasteiger partial charge >= 0.3 is 0 Å². The molecule has 6 aliphatic rings. The molecule has 0 aromatic heterocycles. The lowest BCUT2D eigenvalue weighted by atomic mass is 9.39. The van der Waals surface area contributed by atoms with E-state index in [1.807, 2.05) is 5.57 Å². The van der Waals surface area contributed by atoms with E-state index in [0.29, 0.717) is 10.8 Å². The van der Waals surface area contributed by atoms with Gasteiger partial charge < -0.3 is 0 Å². The Morgan fingerprint density at radius 3 is 2.52 bits per heavy atom. The summed E-state index contributed by atoms with van der Waals surface area (Å²) in [4.78, 5) is 0. The highest BCUT2D eigenvalue weighted by Crippen LogP contribution is 2.78. The van der Waals surface area contributed by atoms with Crippen molar-refractivity contribution in [3.63, 3.8) is 0 Å². The highest BCUT2D eigenvalue weighted by atomic mass is 14.8. The molecule has 0 radical (unpaired) electrons. The van der Waals surface area contributed by atoms with E-state index in [4.69, 9.17) is 0 Å². The molecule has 0 heterocycles. The first-order valence-electron chi connectivity index (χ1n) is 12.6. The quantitative estimate of drug-likeness (QED) is 0.448. The van der Waals surface area contributed by atoms with Crippen LogP contribution < -0.4 is 0 Å². The summed E-state index contributed by atoms with van der Waals surface area (Å²) in [6, 6.07) is 0. The molecule has 5 saturated carbocycles. The number of hydrogen-bond donors (Lipinski definition) is 0. The van der Waals surface area contributed by atoms with Crippen molar-refractivity contribution in [1.82, 2.24) is 0 Å². The Morgan fingerprint density at radius 2 is 1.85 bits per heavy atom. The standard InChI is InChI=1S/C27H42/c1-6-26(4)10-7-11-27(5)22(26)13-16-12-20-21-14-19(15(2)3)17-8-9-18(17)24(21)25(27)23(16)20/h14-18,20-25H,6-13H2,1-5H3. The third-order valence-corrected chi connectivity index (χ3v) is 11.9. The van der Waals surface area contributed by atoms with Gasteiger partial charge in [0.2, 0.25) is 0 Å². The summed E-state index contributed by atoms with van der Waals surface area (Å²) in [6.45, 7) is 12.9. The van der Waals surface area contributed by atoms with Gasteiger partial charge in [-0.3, -0.25) is 0 Å². The largest absolute Gasteiger partial charge is 0.0811 e. The van der Waals surface area contributed by atoms with E-state index in [2.05, 4.69) is 40.7 Å². The van der Waals surface area contributed by atoms with Gasteiger partial charge in [-0.05, 0) is 109 Å². The first kappa shape index (κ1) is 17.6. The van der Waals surface area contributed by atoms with Crippen molar-refractivity contribution in [1.29, 1.82) is 0 Å².